The molecule has 0 fully saturated rings. The summed E-state index contributed by atoms with van der Waals surface area (Å²) in [4.78, 5) is 31.8. The van der Waals surface area contributed by atoms with Gasteiger partial charge in [-0.15, -0.1) is 0 Å². The molecule has 26 heavy (non-hydrogen) atoms. The lowest BCUT2D eigenvalue weighted by Crippen LogP contribution is -2.33. The van der Waals surface area contributed by atoms with Crippen LogP contribution in [-0.4, -0.2) is 40.6 Å². The van der Waals surface area contributed by atoms with Gasteiger partial charge in [0.15, 0.2) is 11.4 Å². The zero-order chi connectivity index (χ0) is 19.1. The second-order valence-corrected chi connectivity index (χ2v) is 7.99. The second-order valence-electron chi connectivity index (χ2n) is 7.08. The van der Waals surface area contributed by atoms with Gasteiger partial charge in [0.2, 0.25) is 0 Å². The predicted octanol–water partition coefficient (Wildman–Crippen LogP) is 3.37. The molecule has 0 aromatic carbocycles. The first kappa shape index (κ1) is 24.5. The number of hydrogen-bond acceptors (Lipinski definition) is 7. The van der Waals surface area contributed by atoms with Crippen molar-refractivity contribution >= 4 is 27.9 Å². The van der Waals surface area contributed by atoms with E-state index in [-0.39, 0.29) is 19.9 Å². The molecular weight excluding hydrogens is 402 g/mol. The average Bonchev–Trinajstić information content (AvgIpc) is 2.44. The number of carbonyl (C=O) groups is 2. The van der Waals surface area contributed by atoms with E-state index in [1.807, 2.05) is 20.8 Å². The molecule has 1 aromatic rings. The maximum absolute atomic E-state index is 11.9. The molecule has 0 unspecified atom stereocenters. The van der Waals surface area contributed by atoms with Crippen molar-refractivity contribution in [3.63, 3.8) is 0 Å². The van der Waals surface area contributed by atoms with Crippen LogP contribution in [-0.2, 0) is 24.7 Å². The maximum Gasteiger partial charge on any atom is 0.320 e. The van der Waals surface area contributed by atoms with Crippen LogP contribution in [0.3, 0.4) is 0 Å². The first-order chi connectivity index (χ1) is 11.5. The lowest BCUT2D eigenvalue weighted by atomic mass is 10.1. The highest BCUT2D eigenvalue weighted by Crippen LogP contribution is 2.21. The van der Waals surface area contributed by atoms with Gasteiger partial charge < -0.3 is 14.8 Å². The number of carbonyl (C=O) groups excluding carboxylic acids is 2. The van der Waals surface area contributed by atoms with Crippen LogP contribution in [0.15, 0.2) is 16.9 Å². The minimum absolute atomic E-state index is 0. The predicted molar refractivity (Wildman–Crippen MR) is 104 cm³/mol. The molecule has 0 radical (unpaired) electrons. The van der Waals surface area contributed by atoms with Gasteiger partial charge in [-0.1, -0.05) is 7.43 Å². The molecule has 1 heterocycles. The third-order valence-corrected chi connectivity index (χ3v) is 3.36. The highest BCUT2D eigenvalue weighted by molar-refractivity contribution is 9.10. The monoisotopic (exact) mass is 431 g/mol. The zero-order valence-corrected chi connectivity index (χ0v) is 17.0. The van der Waals surface area contributed by atoms with Crippen molar-refractivity contribution in [2.75, 3.05) is 13.1 Å². The summed E-state index contributed by atoms with van der Waals surface area (Å²) in [5.74, 6) is -0.229. The van der Waals surface area contributed by atoms with Gasteiger partial charge in [-0.2, -0.15) is 0 Å². The molecule has 0 aliphatic heterocycles. The normalized spacial score (nSPS) is 11.5. The first-order valence-electron chi connectivity index (χ1n) is 8.12. The Morgan fingerprint density at radius 1 is 1.08 bits per heavy atom. The Kier molecular flexibility index (Phi) is 9.94. The van der Waals surface area contributed by atoms with E-state index in [0.717, 1.165) is 4.47 Å². The van der Waals surface area contributed by atoms with Gasteiger partial charge in [-0.3, -0.25) is 9.59 Å². The largest absolute Gasteiger partial charge is 0.460 e. The van der Waals surface area contributed by atoms with Crippen molar-refractivity contribution in [1.82, 2.24) is 15.3 Å². The van der Waals surface area contributed by atoms with E-state index in [1.165, 1.54) is 0 Å². The number of esters is 2. The highest BCUT2D eigenvalue weighted by atomic mass is 79.9. The van der Waals surface area contributed by atoms with Crippen LogP contribution in [0.25, 0.3) is 0 Å². The minimum Gasteiger partial charge on any atom is -0.460 e. The van der Waals surface area contributed by atoms with E-state index < -0.39 is 17.2 Å². The molecule has 1 aromatic heterocycles. The molecule has 148 valence electrons. The smallest absolute Gasteiger partial charge is 0.320 e. The van der Waals surface area contributed by atoms with Gasteiger partial charge in [-0.25, -0.2) is 9.97 Å². The Hall–Kier alpha value is -1.54. The summed E-state index contributed by atoms with van der Waals surface area (Å²) in [7, 11) is 0. The summed E-state index contributed by atoms with van der Waals surface area (Å²) in [6.07, 6.45) is 4.10. The average molecular weight is 432 g/mol. The maximum atomic E-state index is 11.9. The van der Waals surface area contributed by atoms with Crippen molar-refractivity contribution in [1.29, 1.82) is 0 Å². The van der Waals surface area contributed by atoms with E-state index in [0.29, 0.717) is 25.2 Å². The first-order valence-corrected chi connectivity index (χ1v) is 8.91. The molecule has 0 aliphatic rings. The summed E-state index contributed by atoms with van der Waals surface area (Å²) in [6, 6.07) is 0. The molecule has 0 bridgehead atoms. The summed E-state index contributed by atoms with van der Waals surface area (Å²) in [6.45, 7) is 9.52. The Labute approximate surface area is 164 Å². The summed E-state index contributed by atoms with van der Waals surface area (Å²) >= 11 is 3.26. The molecule has 7 nitrogen and oxygen atoms in total. The van der Waals surface area contributed by atoms with E-state index in [1.54, 1.807) is 26.2 Å². The highest BCUT2D eigenvalue weighted by Gasteiger charge is 2.28. The third-order valence-electron chi connectivity index (χ3n) is 2.95. The van der Waals surface area contributed by atoms with E-state index in [2.05, 4.69) is 31.2 Å². The molecule has 0 aliphatic carbocycles. The van der Waals surface area contributed by atoms with Crippen LogP contribution in [0.2, 0.25) is 0 Å². The molecule has 8 heteroatoms. The van der Waals surface area contributed by atoms with Crippen LogP contribution in [0.5, 0.6) is 0 Å². The quantitative estimate of drug-likeness (QED) is 0.498. The lowest BCUT2D eigenvalue weighted by molar-refractivity contribution is -0.157. The van der Waals surface area contributed by atoms with Crippen LogP contribution in [0, 0.1) is 0 Å². The van der Waals surface area contributed by atoms with Gasteiger partial charge in [0.25, 0.3) is 0 Å². The molecule has 0 atom stereocenters. The lowest BCUT2D eigenvalue weighted by Gasteiger charge is -2.23. The molecule has 1 N–H and O–H groups in total. The summed E-state index contributed by atoms with van der Waals surface area (Å²) < 4.78 is 11.4. The zero-order valence-electron chi connectivity index (χ0n) is 15.4. The molecular formula is C18H30BrN3O4. The van der Waals surface area contributed by atoms with Gasteiger partial charge >= 0.3 is 11.9 Å². The topological polar surface area (TPSA) is 90.4 Å². The Morgan fingerprint density at radius 3 is 2.19 bits per heavy atom. The number of halogens is 1. The van der Waals surface area contributed by atoms with Gasteiger partial charge in [-0.05, 0) is 63.5 Å². The van der Waals surface area contributed by atoms with Crippen molar-refractivity contribution in [3.8, 4) is 0 Å². The molecule has 1 rings (SSSR count). The standard InChI is InChI=1S/C17H26BrN3O4.CH4/c1-16(2,3)24-13(22)7-6-8-19-11-14(23)25-17(4,5)15-20-9-12(18)10-21-15;/h9-10,19H,6-8,11H2,1-5H3;1H4. The molecule has 0 spiro atoms. The second kappa shape index (κ2) is 10.6. The number of ether oxygens (including phenoxy) is 2. The number of hydrogen-bond donors (Lipinski definition) is 1. The van der Waals surface area contributed by atoms with E-state index in [9.17, 15) is 9.59 Å². The van der Waals surface area contributed by atoms with Gasteiger partial charge in [0.1, 0.15) is 5.60 Å². The van der Waals surface area contributed by atoms with E-state index in [4.69, 9.17) is 9.47 Å². The van der Waals surface area contributed by atoms with Crippen molar-refractivity contribution in [2.45, 2.75) is 66.1 Å². The van der Waals surface area contributed by atoms with Crippen LogP contribution < -0.4 is 5.32 Å². The Bertz CT molecular complexity index is 583. The number of nitrogens with zero attached hydrogens (tertiary/aromatic N) is 2. The van der Waals surface area contributed by atoms with Gasteiger partial charge in [0, 0.05) is 18.8 Å². The summed E-state index contributed by atoms with van der Waals surface area (Å²) in [5, 5.41) is 2.96. The Balaban J connectivity index is 0.00000625. The SMILES string of the molecule is C.CC(C)(C)OC(=O)CCCNCC(=O)OC(C)(C)c1ncc(Br)cn1. The van der Waals surface area contributed by atoms with Crippen LogP contribution in [0.4, 0.5) is 0 Å². The van der Waals surface area contributed by atoms with Crippen molar-refractivity contribution in [2.24, 2.45) is 0 Å². The summed E-state index contributed by atoms with van der Waals surface area (Å²) in [5.41, 5.74) is -1.40. The number of rotatable bonds is 8. The number of aromatic nitrogens is 2. The number of nitrogens with one attached hydrogen (secondary N) is 1. The fraction of sp³-hybridized carbons (Fsp3) is 0.667. The fourth-order valence-corrected chi connectivity index (χ4v) is 2.13. The van der Waals surface area contributed by atoms with Crippen LogP contribution >= 0.6 is 15.9 Å². The van der Waals surface area contributed by atoms with Crippen molar-refractivity contribution in [3.05, 3.63) is 22.7 Å². The fourth-order valence-electron chi connectivity index (χ4n) is 1.93. The third kappa shape index (κ3) is 9.82. The molecule has 0 saturated heterocycles. The minimum atomic E-state index is -0.921. The Morgan fingerprint density at radius 2 is 1.65 bits per heavy atom. The van der Waals surface area contributed by atoms with Crippen LogP contribution in [0.1, 0.15) is 60.7 Å². The van der Waals surface area contributed by atoms with E-state index >= 15 is 0 Å². The molecule has 0 amide bonds. The molecule has 0 saturated carbocycles. The van der Waals surface area contributed by atoms with Crippen molar-refractivity contribution < 1.29 is 19.1 Å². The van der Waals surface area contributed by atoms with Gasteiger partial charge in [0.05, 0.1) is 11.0 Å².